The smallest absolute Gasteiger partial charge is 0.0554 e. The molecule has 0 saturated carbocycles. The molecule has 0 fully saturated rings. The fourth-order valence-electron chi connectivity index (χ4n) is 4.48. The minimum Gasteiger partial charge on any atom is -0.377 e. The van der Waals surface area contributed by atoms with Crippen molar-refractivity contribution in [3.63, 3.8) is 0 Å². The van der Waals surface area contributed by atoms with E-state index in [2.05, 4.69) is 106 Å². The van der Waals surface area contributed by atoms with Gasteiger partial charge in [0.1, 0.15) is 0 Å². The lowest BCUT2D eigenvalue weighted by atomic mass is 9.76. The normalized spacial score (nSPS) is 23.2. The molecule has 0 saturated heterocycles. The Labute approximate surface area is 162 Å². The molecule has 1 nitrogen and oxygen atoms in total. The minimum atomic E-state index is 0.334. The average Bonchev–Trinajstić information content (AvgIpc) is 3.18. The summed E-state index contributed by atoms with van der Waals surface area (Å²) >= 11 is 3.56. The second-order valence-electron chi connectivity index (χ2n) is 7.16. The van der Waals surface area contributed by atoms with Crippen molar-refractivity contribution in [2.24, 2.45) is 5.92 Å². The summed E-state index contributed by atoms with van der Waals surface area (Å²) in [5.74, 6) is 1.07. The highest BCUT2D eigenvalue weighted by Crippen LogP contribution is 2.52. The lowest BCUT2D eigenvalue weighted by Crippen LogP contribution is -2.29. The number of benzene rings is 3. The van der Waals surface area contributed by atoms with Crippen LogP contribution in [0.2, 0.25) is 0 Å². The van der Waals surface area contributed by atoms with Crippen LogP contribution in [0.15, 0.2) is 89.4 Å². The van der Waals surface area contributed by atoms with E-state index in [1.807, 2.05) is 0 Å². The SMILES string of the molecule is Brc1ccc([C@@H]2Nc3c(-c4ccccc4)cccc3[C@H]3C=CC[C@@H]32)cc1. The summed E-state index contributed by atoms with van der Waals surface area (Å²) in [5.41, 5.74) is 6.65. The van der Waals surface area contributed by atoms with Gasteiger partial charge in [0.25, 0.3) is 0 Å². The first-order valence-corrected chi connectivity index (χ1v) is 9.97. The molecule has 1 heterocycles. The molecule has 0 radical (unpaired) electrons. The molecule has 3 atom stereocenters. The van der Waals surface area contributed by atoms with E-state index in [4.69, 9.17) is 0 Å². The maximum atomic E-state index is 3.92. The quantitative estimate of drug-likeness (QED) is 0.458. The zero-order valence-electron chi connectivity index (χ0n) is 14.4. The van der Waals surface area contributed by atoms with Crippen LogP contribution in [0, 0.1) is 5.92 Å². The highest BCUT2D eigenvalue weighted by Gasteiger charge is 2.38. The van der Waals surface area contributed by atoms with E-state index in [0.717, 1.165) is 10.9 Å². The third kappa shape index (κ3) is 2.60. The van der Waals surface area contributed by atoms with Gasteiger partial charge in [-0.3, -0.25) is 0 Å². The summed E-state index contributed by atoms with van der Waals surface area (Å²) in [7, 11) is 0. The maximum Gasteiger partial charge on any atom is 0.0554 e. The summed E-state index contributed by atoms with van der Waals surface area (Å²) in [6.45, 7) is 0. The Kier molecular flexibility index (Phi) is 3.94. The number of halogens is 1. The Balaban J connectivity index is 1.65. The highest BCUT2D eigenvalue weighted by atomic mass is 79.9. The number of fused-ring (bicyclic) bond motifs is 3. The van der Waals surface area contributed by atoms with Gasteiger partial charge in [-0.1, -0.05) is 88.7 Å². The Bertz CT molecular complexity index is 959. The topological polar surface area (TPSA) is 12.0 Å². The van der Waals surface area contributed by atoms with Crippen LogP contribution < -0.4 is 5.32 Å². The second kappa shape index (κ2) is 6.44. The molecular weight excluding hydrogens is 382 g/mol. The molecule has 1 aliphatic heterocycles. The lowest BCUT2D eigenvalue weighted by Gasteiger charge is -2.38. The molecule has 1 N–H and O–H groups in total. The average molecular weight is 402 g/mol. The first-order chi connectivity index (χ1) is 12.8. The molecule has 5 rings (SSSR count). The first kappa shape index (κ1) is 15.9. The van der Waals surface area contributed by atoms with E-state index in [1.54, 1.807) is 0 Å². The van der Waals surface area contributed by atoms with Gasteiger partial charge in [0.05, 0.1) is 6.04 Å². The van der Waals surface area contributed by atoms with Gasteiger partial charge in [0, 0.05) is 21.6 Å². The number of hydrogen-bond donors (Lipinski definition) is 1. The Hall–Kier alpha value is -2.32. The zero-order valence-corrected chi connectivity index (χ0v) is 16.0. The third-order valence-electron chi connectivity index (χ3n) is 5.71. The molecule has 0 aromatic heterocycles. The van der Waals surface area contributed by atoms with Gasteiger partial charge in [-0.15, -0.1) is 0 Å². The Morgan fingerprint density at radius 2 is 1.65 bits per heavy atom. The van der Waals surface area contributed by atoms with E-state index >= 15 is 0 Å². The van der Waals surface area contributed by atoms with Gasteiger partial charge in [-0.2, -0.15) is 0 Å². The van der Waals surface area contributed by atoms with Crippen molar-refractivity contribution in [3.8, 4) is 11.1 Å². The maximum absolute atomic E-state index is 3.92. The van der Waals surface area contributed by atoms with Crippen molar-refractivity contribution in [2.45, 2.75) is 18.4 Å². The van der Waals surface area contributed by atoms with Crippen molar-refractivity contribution in [3.05, 3.63) is 101 Å². The number of hydrogen-bond acceptors (Lipinski definition) is 1. The standard InChI is InChI=1S/C24H20BrN/c25-18-14-12-17(13-15-18)23-21-10-5-9-20(21)22-11-4-8-19(24(22)26-23)16-6-2-1-3-7-16/h1-9,11-15,20-21,23,26H,10H2/t20-,21-,23-/m0/s1. The fraction of sp³-hybridized carbons (Fsp3) is 0.167. The number of nitrogens with one attached hydrogen (secondary N) is 1. The van der Waals surface area contributed by atoms with Crippen molar-refractivity contribution in [1.82, 2.24) is 0 Å². The van der Waals surface area contributed by atoms with Gasteiger partial charge in [-0.05, 0) is 41.2 Å². The molecule has 26 heavy (non-hydrogen) atoms. The minimum absolute atomic E-state index is 0.334. The van der Waals surface area contributed by atoms with E-state index in [0.29, 0.717) is 17.9 Å². The third-order valence-corrected chi connectivity index (χ3v) is 6.24. The summed E-state index contributed by atoms with van der Waals surface area (Å²) in [5, 5.41) is 3.92. The largest absolute Gasteiger partial charge is 0.377 e. The molecular formula is C24H20BrN. The van der Waals surface area contributed by atoms with Crippen LogP contribution >= 0.6 is 15.9 Å². The van der Waals surface area contributed by atoms with E-state index in [-0.39, 0.29) is 0 Å². The van der Waals surface area contributed by atoms with Crippen molar-refractivity contribution >= 4 is 21.6 Å². The number of para-hydroxylation sites is 1. The molecule has 2 aliphatic rings. The second-order valence-corrected chi connectivity index (χ2v) is 8.08. The summed E-state index contributed by atoms with van der Waals surface area (Å²) in [4.78, 5) is 0. The number of allylic oxidation sites excluding steroid dienone is 2. The van der Waals surface area contributed by atoms with Crippen LogP contribution in [0.1, 0.15) is 29.5 Å². The molecule has 0 unspecified atom stereocenters. The van der Waals surface area contributed by atoms with Crippen LogP contribution in [0.4, 0.5) is 5.69 Å². The molecule has 0 bridgehead atoms. The van der Waals surface area contributed by atoms with E-state index < -0.39 is 0 Å². The molecule has 128 valence electrons. The molecule has 3 aromatic rings. The highest BCUT2D eigenvalue weighted by molar-refractivity contribution is 9.10. The van der Waals surface area contributed by atoms with Crippen LogP contribution in [-0.4, -0.2) is 0 Å². The van der Waals surface area contributed by atoms with Gasteiger partial charge >= 0.3 is 0 Å². The van der Waals surface area contributed by atoms with Crippen LogP contribution in [0.3, 0.4) is 0 Å². The Morgan fingerprint density at radius 1 is 0.846 bits per heavy atom. The van der Waals surface area contributed by atoms with Gasteiger partial charge in [0.15, 0.2) is 0 Å². The summed E-state index contributed by atoms with van der Waals surface area (Å²) in [6, 6.07) is 26.5. The summed E-state index contributed by atoms with van der Waals surface area (Å²) < 4.78 is 1.13. The molecule has 1 aliphatic carbocycles. The van der Waals surface area contributed by atoms with E-state index in [9.17, 15) is 0 Å². The van der Waals surface area contributed by atoms with Gasteiger partial charge in [-0.25, -0.2) is 0 Å². The fourth-order valence-corrected chi connectivity index (χ4v) is 4.74. The molecule has 2 heteroatoms. The predicted octanol–water partition coefficient (Wildman–Crippen LogP) is 6.94. The Morgan fingerprint density at radius 3 is 2.46 bits per heavy atom. The van der Waals surface area contributed by atoms with Gasteiger partial charge < -0.3 is 5.32 Å². The number of anilines is 1. The van der Waals surface area contributed by atoms with Crippen molar-refractivity contribution in [1.29, 1.82) is 0 Å². The van der Waals surface area contributed by atoms with Crippen LogP contribution in [0.5, 0.6) is 0 Å². The van der Waals surface area contributed by atoms with Crippen LogP contribution in [-0.2, 0) is 0 Å². The molecule has 0 amide bonds. The predicted molar refractivity (Wildman–Crippen MR) is 112 cm³/mol. The van der Waals surface area contributed by atoms with Crippen LogP contribution in [0.25, 0.3) is 11.1 Å². The van der Waals surface area contributed by atoms with E-state index in [1.165, 1.54) is 27.9 Å². The first-order valence-electron chi connectivity index (χ1n) is 9.18. The zero-order chi connectivity index (χ0) is 17.5. The lowest BCUT2D eigenvalue weighted by molar-refractivity contribution is 0.426. The monoisotopic (exact) mass is 401 g/mol. The van der Waals surface area contributed by atoms with Crippen molar-refractivity contribution in [2.75, 3.05) is 5.32 Å². The molecule has 3 aromatic carbocycles. The van der Waals surface area contributed by atoms with Gasteiger partial charge in [0.2, 0.25) is 0 Å². The number of rotatable bonds is 2. The summed E-state index contributed by atoms with van der Waals surface area (Å²) in [6.07, 6.45) is 5.89. The van der Waals surface area contributed by atoms with Crippen molar-refractivity contribution < 1.29 is 0 Å². The molecule has 0 spiro atoms.